The Bertz CT molecular complexity index is 539. The monoisotopic (exact) mass is 279 g/mol. The van der Waals surface area contributed by atoms with Gasteiger partial charge in [-0.2, -0.15) is 0 Å². The van der Waals surface area contributed by atoms with Crippen molar-refractivity contribution < 1.29 is 14.0 Å². The minimum Gasteiger partial charge on any atom is -0.366 e. The van der Waals surface area contributed by atoms with Crippen LogP contribution in [0.1, 0.15) is 35.2 Å². The Morgan fingerprint density at radius 1 is 1.40 bits per heavy atom. The fourth-order valence-corrected chi connectivity index (χ4v) is 2.25. The highest BCUT2D eigenvalue weighted by molar-refractivity contribution is 5.98. The number of anilines is 1. The molecule has 6 heteroatoms. The van der Waals surface area contributed by atoms with Gasteiger partial charge >= 0.3 is 0 Å². The maximum Gasteiger partial charge on any atom is 0.248 e. The Hall–Kier alpha value is -1.95. The minimum absolute atomic E-state index is 0.0417. The molecule has 1 fully saturated rings. The standard InChI is InChI=1S/C14H18FN3O2/c1-8-10(15)6-9(13(16)19)7-12(8)18-14(20)11-4-2-3-5-17-11/h6-7,11,17H,2-5H2,1H3,(H2,16,19)(H,18,20)/t11-/m0/s1. The molecule has 1 aliphatic heterocycles. The SMILES string of the molecule is Cc1c(F)cc(C(N)=O)cc1NC(=O)[C@@H]1CCCCN1. The Balaban J connectivity index is 2.19. The van der Waals surface area contributed by atoms with Crippen LogP contribution in [0.4, 0.5) is 10.1 Å². The molecular formula is C14H18FN3O2. The van der Waals surface area contributed by atoms with E-state index >= 15 is 0 Å². The molecule has 5 nitrogen and oxygen atoms in total. The molecule has 0 aromatic heterocycles. The van der Waals surface area contributed by atoms with Crippen molar-refractivity contribution >= 4 is 17.5 Å². The lowest BCUT2D eigenvalue weighted by molar-refractivity contribution is -0.118. The van der Waals surface area contributed by atoms with Crippen molar-refractivity contribution in [3.05, 3.63) is 29.1 Å². The molecule has 1 atom stereocenters. The third-order valence-electron chi connectivity index (χ3n) is 3.51. The number of nitrogens with two attached hydrogens (primary N) is 1. The molecule has 0 aliphatic carbocycles. The van der Waals surface area contributed by atoms with Crippen molar-refractivity contribution in [3.8, 4) is 0 Å². The molecule has 0 bridgehead atoms. The van der Waals surface area contributed by atoms with E-state index in [1.54, 1.807) is 6.92 Å². The summed E-state index contributed by atoms with van der Waals surface area (Å²) >= 11 is 0. The number of nitrogens with one attached hydrogen (secondary N) is 2. The van der Waals surface area contributed by atoms with Gasteiger partial charge in [-0.05, 0) is 38.4 Å². The van der Waals surface area contributed by atoms with Gasteiger partial charge < -0.3 is 16.4 Å². The van der Waals surface area contributed by atoms with Crippen molar-refractivity contribution in [2.45, 2.75) is 32.2 Å². The number of hydrogen-bond acceptors (Lipinski definition) is 3. The van der Waals surface area contributed by atoms with Gasteiger partial charge in [-0.1, -0.05) is 6.42 Å². The van der Waals surface area contributed by atoms with Gasteiger partial charge in [0.15, 0.2) is 0 Å². The molecule has 20 heavy (non-hydrogen) atoms. The molecule has 1 saturated heterocycles. The van der Waals surface area contributed by atoms with Gasteiger partial charge in [-0.25, -0.2) is 4.39 Å². The lowest BCUT2D eigenvalue weighted by atomic mass is 10.0. The molecule has 1 aromatic carbocycles. The van der Waals surface area contributed by atoms with Crippen molar-refractivity contribution in [1.29, 1.82) is 0 Å². The second-order valence-electron chi connectivity index (χ2n) is 4.99. The maximum absolute atomic E-state index is 13.7. The average Bonchev–Trinajstić information content (AvgIpc) is 2.44. The number of benzene rings is 1. The van der Waals surface area contributed by atoms with Crippen LogP contribution in [0.15, 0.2) is 12.1 Å². The molecule has 0 saturated carbocycles. The predicted octanol–water partition coefficient (Wildman–Crippen LogP) is 1.31. The van der Waals surface area contributed by atoms with Gasteiger partial charge in [0.25, 0.3) is 0 Å². The predicted molar refractivity (Wildman–Crippen MR) is 73.9 cm³/mol. The van der Waals surface area contributed by atoms with E-state index in [1.165, 1.54) is 6.07 Å². The van der Waals surface area contributed by atoms with Crippen LogP contribution in [0.5, 0.6) is 0 Å². The first-order chi connectivity index (χ1) is 9.49. The summed E-state index contributed by atoms with van der Waals surface area (Å²) in [7, 11) is 0. The number of primary amides is 1. The van der Waals surface area contributed by atoms with Crippen molar-refractivity contribution in [2.24, 2.45) is 5.73 Å². The first-order valence-corrected chi connectivity index (χ1v) is 6.63. The largest absolute Gasteiger partial charge is 0.366 e. The molecular weight excluding hydrogens is 261 g/mol. The Kier molecular flexibility index (Phi) is 4.34. The number of halogens is 1. The molecule has 0 radical (unpaired) electrons. The van der Waals surface area contributed by atoms with Crippen LogP contribution in [-0.2, 0) is 4.79 Å². The van der Waals surface area contributed by atoms with E-state index in [0.717, 1.165) is 31.9 Å². The van der Waals surface area contributed by atoms with Crippen LogP contribution in [0.25, 0.3) is 0 Å². The van der Waals surface area contributed by atoms with Crippen LogP contribution in [0.3, 0.4) is 0 Å². The summed E-state index contributed by atoms with van der Waals surface area (Å²) < 4.78 is 13.7. The van der Waals surface area contributed by atoms with E-state index in [0.29, 0.717) is 5.56 Å². The molecule has 4 N–H and O–H groups in total. The number of carbonyl (C=O) groups excluding carboxylic acids is 2. The maximum atomic E-state index is 13.7. The fraction of sp³-hybridized carbons (Fsp3) is 0.429. The molecule has 1 aliphatic rings. The zero-order valence-corrected chi connectivity index (χ0v) is 11.3. The number of carbonyl (C=O) groups is 2. The second-order valence-corrected chi connectivity index (χ2v) is 4.99. The third-order valence-corrected chi connectivity index (χ3v) is 3.51. The van der Waals surface area contributed by atoms with Crippen LogP contribution in [0.2, 0.25) is 0 Å². The van der Waals surface area contributed by atoms with E-state index in [9.17, 15) is 14.0 Å². The smallest absolute Gasteiger partial charge is 0.248 e. The summed E-state index contributed by atoms with van der Waals surface area (Å²) in [5, 5.41) is 5.78. The molecule has 1 aromatic rings. The normalized spacial score (nSPS) is 18.6. The quantitative estimate of drug-likeness (QED) is 0.780. The van der Waals surface area contributed by atoms with Crippen LogP contribution in [0, 0.1) is 12.7 Å². The van der Waals surface area contributed by atoms with Crippen molar-refractivity contribution in [3.63, 3.8) is 0 Å². The Morgan fingerprint density at radius 3 is 2.75 bits per heavy atom. The van der Waals surface area contributed by atoms with E-state index < -0.39 is 11.7 Å². The van der Waals surface area contributed by atoms with Gasteiger partial charge in [-0.3, -0.25) is 9.59 Å². The Morgan fingerprint density at radius 2 is 2.15 bits per heavy atom. The number of hydrogen-bond donors (Lipinski definition) is 3. The fourth-order valence-electron chi connectivity index (χ4n) is 2.25. The minimum atomic E-state index is -0.727. The van der Waals surface area contributed by atoms with Gasteiger partial charge in [0.05, 0.1) is 6.04 Å². The molecule has 1 heterocycles. The summed E-state index contributed by atoms with van der Waals surface area (Å²) in [6, 6.07) is 2.21. The molecule has 108 valence electrons. The van der Waals surface area contributed by atoms with Gasteiger partial charge in [-0.15, -0.1) is 0 Å². The number of rotatable bonds is 3. The first-order valence-electron chi connectivity index (χ1n) is 6.63. The Labute approximate surface area is 116 Å². The third kappa shape index (κ3) is 3.14. The average molecular weight is 279 g/mol. The van der Waals surface area contributed by atoms with Crippen LogP contribution < -0.4 is 16.4 Å². The second kappa shape index (κ2) is 6.00. The number of piperidine rings is 1. The summed E-state index contributed by atoms with van der Waals surface area (Å²) in [5.41, 5.74) is 5.77. The van der Waals surface area contributed by atoms with E-state index in [-0.39, 0.29) is 23.2 Å². The summed E-state index contributed by atoms with van der Waals surface area (Å²) in [4.78, 5) is 23.2. The first kappa shape index (κ1) is 14.5. The highest BCUT2D eigenvalue weighted by Gasteiger charge is 2.21. The molecule has 0 unspecified atom stereocenters. The summed E-state index contributed by atoms with van der Waals surface area (Å²) in [6.07, 6.45) is 2.79. The highest BCUT2D eigenvalue weighted by atomic mass is 19.1. The lowest BCUT2D eigenvalue weighted by Crippen LogP contribution is -2.43. The van der Waals surface area contributed by atoms with E-state index in [1.807, 2.05) is 0 Å². The van der Waals surface area contributed by atoms with Gasteiger partial charge in [0.1, 0.15) is 5.82 Å². The van der Waals surface area contributed by atoms with Crippen molar-refractivity contribution in [2.75, 3.05) is 11.9 Å². The summed E-state index contributed by atoms with van der Waals surface area (Å²) in [6.45, 7) is 2.34. The zero-order valence-electron chi connectivity index (χ0n) is 11.3. The van der Waals surface area contributed by atoms with E-state index in [2.05, 4.69) is 10.6 Å². The summed E-state index contributed by atoms with van der Waals surface area (Å²) in [5.74, 6) is -1.50. The van der Waals surface area contributed by atoms with E-state index in [4.69, 9.17) is 5.73 Å². The molecule has 2 rings (SSSR count). The molecule has 0 spiro atoms. The van der Waals surface area contributed by atoms with Crippen LogP contribution in [-0.4, -0.2) is 24.4 Å². The lowest BCUT2D eigenvalue weighted by Gasteiger charge is -2.23. The van der Waals surface area contributed by atoms with Crippen molar-refractivity contribution in [1.82, 2.24) is 5.32 Å². The molecule has 2 amide bonds. The topological polar surface area (TPSA) is 84.2 Å². The zero-order chi connectivity index (χ0) is 14.7. The highest BCUT2D eigenvalue weighted by Crippen LogP contribution is 2.21. The van der Waals surface area contributed by atoms with Gasteiger partial charge in [0, 0.05) is 16.8 Å². The van der Waals surface area contributed by atoms with Gasteiger partial charge in [0.2, 0.25) is 11.8 Å². The number of amides is 2. The van der Waals surface area contributed by atoms with Crippen LogP contribution >= 0.6 is 0 Å².